The average molecular weight is 411 g/mol. The third kappa shape index (κ3) is 2.53. The Hall–Kier alpha value is -3.95. The van der Waals surface area contributed by atoms with E-state index in [1.165, 1.54) is 22.9 Å². The summed E-state index contributed by atoms with van der Waals surface area (Å²) in [4.78, 5) is 46.0. The molecule has 0 aliphatic heterocycles. The highest BCUT2D eigenvalue weighted by Gasteiger charge is 2.59. The molecule has 0 saturated heterocycles. The van der Waals surface area contributed by atoms with Crippen molar-refractivity contribution >= 4 is 23.7 Å². The summed E-state index contributed by atoms with van der Waals surface area (Å²) in [5.41, 5.74) is -1.25. The fraction of sp³-hybridized carbons (Fsp3) is 0.250. The largest absolute Gasteiger partial charge is 0.515 e. The number of hydrogen-bond acceptors (Lipinski definition) is 8. The third-order valence-corrected chi connectivity index (χ3v) is 4.80. The summed E-state index contributed by atoms with van der Waals surface area (Å²) >= 11 is 0. The fourth-order valence-electron chi connectivity index (χ4n) is 3.70. The summed E-state index contributed by atoms with van der Waals surface area (Å²) in [5.74, 6) is -2.53. The first-order valence-electron chi connectivity index (χ1n) is 9.19. The van der Waals surface area contributed by atoms with E-state index in [1.54, 1.807) is 32.0 Å². The Labute approximate surface area is 170 Å². The molecule has 10 nitrogen and oxygen atoms in total. The van der Waals surface area contributed by atoms with Crippen molar-refractivity contribution < 1.29 is 33.7 Å². The summed E-state index contributed by atoms with van der Waals surface area (Å²) in [6, 6.07) is 6.50. The molecule has 10 heteroatoms. The highest BCUT2D eigenvalue weighted by molar-refractivity contribution is 6.14. The van der Waals surface area contributed by atoms with Gasteiger partial charge in [-0.15, -0.1) is 0 Å². The summed E-state index contributed by atoms with van der Waals surface area (Å²) in [6.45, 7) is 3.31. The molecular formula is C20H17N3O7. The van der Waals surface area contributed by atoms with Crippen molar-refractivity contribution in [3.8, 4) is 17.1 Å². The van der Waals surface area contributed by atoms with Crippen LogP contribution in [0, 0.1) is 0 Å². The van der Waals surface area contributed by atoms with Gasteiger partial charge >= 0.3 is 18.1 Å². The molecule has 2 heterocycles. The standard InChI is InChI=1S/C20H17N3O7/c1-3-28-18(26)20(17(24)25)12-8-6-5-7-11(12)13-14(20)23-10-9-21-15(23)16(22-13)30-19(27)29-4-2/h5-10H,3-4H2,1-2H3,(H,24,25). The lowest BCUT2D eigenvalue weighted by molar-refractivity contribution is -0.159. The quantitative estimate of drug-likeness (QED) is 0.496. The van der Waals surface area contributed by atoms with Crippen LogP contribution < -0.4 is 4.74 Å². The molecule has 0 fully saturated rings. The minimum Gasteiger partial charge on any atom is -0.480 e. The van der Waals surface area contributed by atoms with Gasteiger partial charge in [-0.1, -0.05) is 24.3 Å². The van der Waals surface area contributed by atoms with Gasteiger partial charge in [-0.2, -0.15) is 0 Å². The molecule has 1 unspecified atom stereocenters. The van der Waals surface area contributed by atoms with Crippen molar-refractivity contribution in [3.05, 3.63) is 47.9 Å². The lowest BCUT2D eigenvalue weighted by Crippen LogP contribution is -2.45. The van der Waals surface area contributed by atoms with E-state index in [4.69, 9.17) is 14.2 Å². The number of carboxylic acid groups (broad SMARTS) is 1. The number of imidazole rings is 1. The SMILES string of the molecule is CCOC(=O)Oc1nc2c(n3ccnc13)C(C(=O)O)(C(=O)OCC)c1ccccc1-2. The average Bonchev–Trinajstić information content (AvgIpc) is 3.30. The maximum Gasteiger partial charge on any atom is 0.515 e. The maximum absolute atomic E-state index is 13.1. The van der Waals surface area contributed by atoms with Crippen molar-refractivity contribution in [3.63, 3.8) is 0 Å². The second-order valence-corrected chi connectivity index (χ2v) is 6.34. The van der Waals surface area contributed by atoms with E-state index in [0.29, 0.717) is 5.56 Å². The van der Waals surface area contributed by atoms with Crippen LogP contribution in [0.4, 0.5) is 4.79 Å². The Balaban J connectivity index is 2.07. The number of benzene rings is 1. The number of carbonyl (C=O) groups is 3. The van der Waals surface area contributed by atoms with Crippen LogP contribution in [0.2, 0.25) is 0 Å². The van der Waals surface area contributed by atoms with Gasteiger partial charge in [0, 0.05) is 18.0 Å². The third-order valence-electron chi connectivity index (χ3n) is 4.80. The predicted molar refractivity (Wildman–Crippen MR) is 101 cm³/mol. The van der Waals surface area contributed by atoms with Crippen molar-refractivity contribution in [2.24, 2.45) is 0 Å². The summed E-state index contributed by atoms with van der Waals surface area (Å²) in [5, 5.41) is 10.3. The lowest BCUT2D eigenvalue weighted by atomic mass is 9.80. The molecule has 1 N–H and O–H groups in total. The summed E-state index contributed by atoms with van der Waals surface area (Å²) < 4.78 is 16.5. The van der Waals surface area contributed by atoms with Crippen LogP contribution >= 0.6 is 0 Å². The normalized spacial score (nSPS) is 16.6. The zero-order valence-electron chi connectivity index (χ0n) is 16.1. The Morgan fingerprint density at radius 3 is 2.57 bits per heavy atom. The van der Waals surface area contributed by atoms with Gasteiger partial charge in [-0.05, 0) is 19.4 Å². The minimum absolute atomic E-state index is 0.00405. The zero-order chi connectivity index (χ0) is 21.5. The number of ether oxygens (including phenoxy) is 3. The molecule has 30 heavy (non-hydrogen) atoms. The fourth-order valence-corrected chi connectivity index (χ4v) is 3.70. The lowest BCUT2D eigenvalue weighted by Gasteiger charge is -2.25. The Morgan fingerprint density at radius 2 is 1.87 bits per heavy atom. The highest BCUT2D eigenvalue weighted by atomic mass is 16.7. The number of rotatable bonds is 5. The van der Waals surface area contributed by atoms with Gasteiger partial charge in [-0.3, -0.25) is 14.0 Å². The number of hydrogen-bond donors (Lipinski definition) is 1. The van der Waals surface area contributed by atoms with Crippen molar-refractivity contribution in [1.82, 2.24) is 14.4 Å². The molecule has 0 bridgehead atoms. The zero-order valence-corrected chi connectivity index (χ0v) is 16.1. The number of esters is 1. The molecule has 1 aliphatic rings. The molecule has 4 rings (SSSR count). The van der Waals surface area contributed by atoms with Crippen LogP contribution in [0.3, 0.4) is 0 Å². The number of nitrogens with zero attached hydrogens (tertiary/aromatic N) is 3. The van der Waals surface area contributed by atoms with E-state index in [2.05, 4.69) is 9.97 Å². The van der Waals surface area contributed by atoms with Gasteiger partial charge in [-0.25, -0.2) is 14.8 Å². The van der Waals surface area contributed by atoms with Crippen LogP contribution in [0.5, 0.6) is 5.88 Å². The molecule has 154 valence electrons. The second kappa shape index (κ2) is 7.14. The molecule has 0 radical (unpaired) electrons. The van der Waals surface area contributed by atoms with Gasteiger partial charge in [0.15, 0.2) is 0 Å². The molecular weight excluding hydrogens is 394 g/mol. The smallest absolute Gasteiger partial charge is 0.480 e. The maximum atomic E-state index is 13.1. The Kier molecular flexibility index (Phi) is 4.61. The first-order valence-corrected chi connectivity index (χ1v) is 9.19. The second-order valence-electron chi connectivity index (χ2n) is 6.34. The van der Waals surface area contributed by atoms with Crippen LogP contribution in [-0.2, 0) is 24.5 Å². The van der Waals surface area contributed by atoms with E-state index in [0.717, 1.165) is 0 Å². The van der Waals surface area contributed by atoms with E-state index in [1.807, 2.05) is 0 Å². The molecule has 2 aromatic heterocycles. The number of aliphatic carboxylic acids is 1. The Bertz CT molecular complexity index is 1190. The van der Waals surface area contributed by atoms with Crippen molar-refractivity contribution in [2.45, 2.75) is 19.3 Å². The molecule has 0 saturated carbocycles. The predicted octanol–water partition coefficient (Wildman–Crippen LogP) is 2.18. The minimum atomic E-state index is -2.16. The van der Waals surface area contributed by atoms with Crippen LogP contribution in [-0.4, -0.2) is 50.8 Å². The first-order chi connectivity index (χ1) is 14.5. The first kappa shape index (κ1) is 19.4. The number of aromatic nitrogens is 3. The van der Waals surface area contributed by atoms with E-state index in [-0.39, 0.29) is 41.7 Å². The molecule has 1 aromatic carbocycles. The van der Waals surface area contributed by atoms with Crippen molar-refractivity contribution in [2.75, 3.05) is 13.2 Å². The van der Waals surface area contributed by atoms with Crippen LogP contribution in [0.1, 0.15) is 25.1 Å². The van der Waals surface area contributed by atoms with E-state index >= 15 is 0 Å². The number of fused-ring (bicyclic) bond motifs is 5. The number of carboxylic acids is 1. The molecule has 1 atom stereocenters. The monoisotopic (exact) mass is 411 g/mol. The van der Waals surface area contributed by atoms with Gasteiger partial charge in [0.1, 0.15) is 0 Å². The van der Waals surface area contributed by atoms with Gasteiger partial charge < -0.3 is 19.3 Å². The van der Waals surface area contributed by atoms with Gasteiger partial charge in [0.25, 0.3) is 5.88 Å². The number of carbonyl (C=O) groups excluding carboxylic acids is 2. The van der Waals surface area contributed by atoms with Gasteiger partial charge in [0.2, 0.25) is 11.1 Å². The van der Waals surface area contributed by atoms with E-state index in [9.17, 15) is 19.5 Å². The molecule has 0 amide bonds. The Morgan fingerprint density at radius 1 is 1.13 bits per heavy atom. The highest BCUT2D eigenvalue weighted by Crippen LogP contribution is 2.50. The van der Waals surface area contributed by atoms with Crippen molar-refractivity contribution in [1.29, 1.82) is 0 Å². The van der Waals surface area contributed by atoms with Gasteiger partial charge in [0.05, 0.1) is 24.6 Å². The topological polar surface area (TPSA) is 129 Å². The molecule has 1 aliphatic carbocycles. The summed E-state index contributed by atoms with van der Waals surface area (Å²) in [7, 11) is 0. The molecule has 0 spiro atoms. The summed E-state index contributed by atoms with van der Waals surface area (Å²) in [6.07, 6.45) is 1.88. The van der Waals surface area contributed by atoms with Crippen LogP contribution in [0.15, 0.2) is 36.7 Å². The molecule has 3 aromatic rings. The van der Waals surface area contributed by atoms with E-state index < -0.39 is 23.5 Å². The van der Waals surface area contributed by atoms with Crippen LogP contribution in [0.25, 0.3) is 16.9 Å².